The highest BCUT2D eigenvalue weighted by Gasteiger charge is 2.32. The second-order valence-corrected chi connectivity index (χ2v) is 8.82. The van der Waals surface area contributed by atoms with E-state index in [4.69, 9.17) is 16.3 Å². The summed E-state index contributed by atoms with van der Waals surface area (Å²) >= 11 is 7.08. The van der Waals surface area contributed by atoms with Crippen LogP contribution >= 0.6 is 22.9 Å². The summed E-state index contributed by atoms with van der Waals surface area (Å²) in [6, 6.07) is 11.2. The molecule has 1 atom stereocenters. The van der Waals surface area contributed by atoms with Gasteiger partial charge in [0.25, 0.3) is 5.91 Å². The molecule has 30 heavy (non-hydrogen) atoms. The van der Waals surface area contributed by atoms with Crippen LogP contribution < -0.4 is 15.1 Å². The third-order valence-corrected chi connectivity index (χ3v) is 6.33. The Bertz CT molecular complexity index is 959. The minimum Gasteiger partial charge on any atom is -0.442 e. The van der Waals surface area contributed by atoms with Crippen LogP contribution in [0.2, 0.25) is 4.34 Å². The number of cyclic esters (lactones) is 1. The lowest BCUT2D eigenvalue weighted by Gasteiger charge is -2.29. The molecule has 0 unspecified atom stereocenters. The molecule has 2 aliphatic heterocycles. The molecule has 1 saturated heterocycles. The number of hydrogen-bond donors (Lipinski definition) is 1. The third-order valence-electron chi connectivity index (χ3n) is 5.10. The van der Waals surface area contributed by atoms with Crippen LogP contribution in [0.3, 0.4) is 0 Å². The lowest BCUT2D eigenvalue weighted by atomic mass is 10.2. The highest BCUT2D eigenvalue weighted by molar-refractivity contribution is 7.18. The van der Waals surface area contributed by atoms with E-state index in [1.54, 1.807) is 17.0 Å². The van der Waals surface area contributed by atoms with E-state index in [0.29, 0.717) is 15.8 Å². The molecular formula is C21H23ClN4O3S. The monoisotopic (exact) mass is 446 g/mol. The maximum atomic E-state index is 12.3. The summed E-state index contributed by atoms with van der Waals surface area (Å²) in [6.45, 7) is 4.58. The van der Waals surface area contributed by atoms with E-state index in [-0.39, 0.29) is 12.5 Å². The van der Waals surface area contributed by atoms with Crippen molar-refractivity contribution < 1.29 is 14.3 Å². The number of carbonyl (C=O) groups is 2. The average molecular weight is 447 g/mol. The number of anilines is 2. The molecule has 0 saturated carbocycles. The molecule has 158 valence electrons. The van der Waals surface area contributed by atoms with Gasteiger partial charge in [0.2, 0.25) is 0 Å². The fourth-order valence-electron chi connectivity index (χ4n) is 3.61. The summed E-state index contributed by atoms with van der Waals surface area (Å²) in [5.41, 5.74) is 1.85. The Morgan fingerprint density at radius 3 is 2.63 bits per heavy atom. The summed E-state index contributed by atoms with van der Waals surface area (Å²) in [6.07, 6.45) is 1.12. The maximum absolute atomic E-state index is 12.3. The van der Waals surface area contributed by atoms with Gasteiger partial charge < -0.3 is 15.0 Å². The Labute approximate surface area is 184 Å². The Morgan fingerprint density at radius 1 is 1.23 bits per heavy atom. The molecule has 2 aliphatic rings. The predicted molar refractivity (Wildman–Crippen MR) is 120 cm³/mol. The van der Waals surface area contributed by atoms with Crippen molar-refractivity contribution in [1.29, 1.82) is 0 Å². The zero-order chi connectivity index (χ0) is 21.1. The Morgan fingerprint density at radius 2 is 1.97 bits per heavy atom. The van der Waals surface area contributed by atoms with Gasteiger partial charge in [-0.2, -0.15) is 0 Å². The Hall–Kier alpha value is -2.58. The standard InChI is InChI=1S/C21H23ClN4O3S/c1-2-19-23-10-3-11-25(19)14-4-6-15(7-5-14)26-13-16(29-21(26)28)12-24-20(27)17-8-9-18(22)30-17/h4-9,16H,2-3,10-13H2,1H3,(H,24,27)/t16-/m0/s1. The largest absolute Gasteiger partial charge is 0.442 e. The van der Waals surface area contributed by atoms with Gasteiger partial charge in [-0.25, -0.2) is 4.79 Å². The number of aliphatic imine (C=N–C) groups is 1. The van der Waals surface area contributed by atoms with Crippen LogP contribution in [0.5, 0.6) is 0 Å². The predicted octanol–water partition coefficient (Wildman–Crippen LogP) is 4.18. The molecule has 2 amide bonds. The van der Waals surface area contributed by atoms with Crippen LogP contribution in [0.4, 0.5) is 16.2 Å². The summed E-state index contributed by atoms with van der Waals surface area (Å²) in [5.74, 6) is 0.873. The first-order chi connectivity index (χ1) is 14.5. The molecule has 7 nitrogen and oxygen atoms in total. The SMILES string of the molecule is CCC1=NCCCN1c1ccc(N2C[C@H](CNC(=O)c3ccc(Cl)s3)OC2=O)cc1. The topological polar surface area (TPSA) is 74.2 Å². The summed E-state index contributed by atoms with van der Waals surface area (Å²) < 4.78 is 5.98. The van der Waals surface area contributed by atoms with E-state index < -0.39 is 12.2 Å². The molecule has 0 aliphatic carbocycles. The van der Waals surface area contributed by atoms with Crippen LogP contribution in [-0.2, 0) is 4.74 Å². The summed E-state index contributed by atoms with van der Waals surface area (Å²) in [5, 5.41) is 2.80. The van der Waals surface area contributed by atoms with Gasteiger partial charge in [-0.15, -0.1) is 11.3 Å². The molecule has 0 spiro atoms. The molecular weight excluding hydrogens is 424 g/mol. The van der Waals surface area contributed by atoms with E-state index in [1.807, 2.05) is 24.3 Å². The lowest BCUT2D eigenvalue weighted by Crippen LogP contribution is -2.35. The first kappa shape index (κ1) is 20.7. The number of amides is 2. The Kier molecular flexibility index (Phi) is 6.24. The van der Waals surface area contributed by atoms with Gasteiger partial charge in [-0.1, -0.05) is 18.5 Å². The zero-order valence-corrected chi connectivity index (χ0v) is 18.2. The molecule has 3 heterocycles. The van der Waals surface area contributed by atoms with Crippen molar-refractivity contribution in [2.75, 3.05) is 36.0 Å². The number of nitrogens with zero attached hydrogens (tertiary/aromatic N) is 3. The molecule has 4 rings (SSSR count). The van der Waals surface area contributed by atoms with Crippen molar-refractivity contribution in [1.82, 2.24) is 5.32 Å². The third kappa shape index (κ3) is 4.44. The van der Waals surface area contributed by atoms with Crippen molar-refractivity contribution in [2.45, 2.75) is 25.9 Å². The number of carbonyl (C=O) groups excluding carboxylic acids is 2. The molecule has 0 radical (unpaired) electrons. The van der Waals surface area contributed by atoms with E-state index in [0.717, 1.165) is 43.1 Å². The smallest absolute Gasteiger partial charge is 0.414 e. The summed E-state index contributed by atoms with van der Waals surface area (Å²) in [7, 11) is 0. The number of amidine groups is 1. The molecule has 9 heteroatoms. The van der Waals surface area contributed by atoms with Crippen LogP contribution in [0.25, 0.3) is 0 Å². The quantitative estimate of drug-likeness (QED) is 0.722. The zero-order valence-electron chi connectivity index (χ0n) is 16.6. The number of ether oxygens (including phenoxy) is 1. The average Bonchev–Trinajstić information content (AvgIpc) is 3.37. The van der Waals surface area contributed by atoms with Crippen molar-refractivity contribution >= 4 is 52.1 Å². The second-order valence-electron chi connectivity index (χ2n) is 7.10. The van der Waals surface area contributed by atoms with E-state index >= 15 is 0 Å². The molecule has 1 aromatic heterocycles. The van der Waals surface area contributed by atoms with Crippen LogP contribution in [0.15, 0.2) is 41.4 Å². The normalized spacial score (nSPS) is 18.9. The van der Waals surface area contributed by atoms with Crippen molar-refractivity contribution in [3.63, 3.8) is 0 Å². The maximum Gasteiger partial charge on any atom is 0.414 e. The fraction of sp³-hybridized carbons (Fsp3) is 0.381. The highest BCUT2D eigenvalue weighted by atomic mass is 35.5. The highest BCUT2D eigenvalue weighted by Crippen LogP contribution is 2.26. The van der Waals surface area contributed by atoms with Crippen molar-refractivity contribution in [3.8, 4) is 0 Å². The van der Waals surface area contributed by atoms with E-state index in [2.05, 4.69) is 22.1 Å². The van der Waals surface area contributed by atoms with Gasteiger partial charge in [0.1, 0.15) is 11.9 Å². The molecule has 1 N–H and O–H groups in total. The first-order valence-corrected chi connectivity index (χ1v) is 11.2. The number of benzene rings is 1. The number of nitrogens with one attached hydrogen (secondary N) is 1. The minimum atomic E-state index is -0.407. The fourth-order valence-corrected chi connectivity index (χ4v) is 4.57. The van der Waals surface area contributed by atoms with E-state index in [9.17, 15) is 9.59 Å². The van der Waals surface area contributed by atoms with Crippen LogP contribution in [0.1, 0.15) is 29.4 Å². The minimum absolute atomic E-state index is 0.222. The summed E-state index contributed by atoms with van der Waals surface area (Å²) in [4.78, 5) is 33.4. The first-order valence-electron chi connectivity index (χ1n) is 9.97. The molecule has 1 fully saturated rings. The van der Waals surface area contributed by atoms with Crippen LogP contribution in [0, 0.1) is 0 Å². The second kappa shape index (κ2) is 9.06. The van der Waals surface area contributed by atoms with Crippen molar-refractivity contribution in [3.05, 3.63) is 45.6 Å². The van der Waals surface area contributed by atoms with Gasteiger partial charge in [-0.3, -0.25) is 14.7 Å². The lowest BCUT2D eigenvalue weighted by molar-refractivity contribution is 0.0920. The molecule has 1 aromatic carbocycles. The van der Waals surface area contributed by atoms with Gasteiger partial charge in [0.15, 0.2) is 0 Å². The van der Waals surface area contributed by atoms with Gasteiger partial charge in [-0.05, 0) is 42.8 Å². The Balaban J connectivity index is 1.36. The van der Waals surface area contributed by atoms with Gasteiger partial charge >= 0.3 is 6.09 Å². The number of rotatable bonds is 6. The van der Waals surface area contributed by atoms with Gasteiger partial charge in [0.05, 0.1) is 22.3 Å². The number of hydrogen-bond acceptors (Lipinski definition) is 6. The number of halogens is 1. The molecule has 0 bridgehead atoms. The van der Waals surface area contributed by atoms with Crippen LogP contribution in [-0.4, -0.2) is 50.1 Å². The van der Waals surface area contributed by atoms with Gasteiger partial charge in [0, 0.05) is 30.9 Å². The van der Waals surface area contributed by atoms with Crippen molar-refractivity contribution in [2.24, 2.45) is 4.99 Å². The number of thiophene rings is 1. The van der Waals surface area contributed by atoms with E-state index in [1.165, 1.54) is 11.3 Å². The molecule has 2 aromatic rings.